The quantitative estimate of drug-likeness (QED) is 0.676. The van der Waals surface area contributed by atoms with Crippen molar-refractivity contribution in [2.45, 2.75) is 0 Å². The zero-order chi connectivity index (χ0) is 13.9. The third-order valence-corrected chi connectivity index (χ3v) is 4.07. The van der Waals surface area contributed by atoms with Crippen molar-refractivity contribution in [1.82, 2.24) is 4.98 Å². The van der Waals surface area contributed by atoms with E-state index in [2.05, 4.69) is 33.1 Å². The smallest absolute Gasteiger partial charge is 0.0631 e. The van der Waals surface area contributed by atoms with Crippen LogP contribution in [0.2, 0.25) is 0 Å². The topological polar surface area (TPSA) is 28.5 Å². The first kappa shape index (κ1) is 12.8. The van der Waals surface area contributed by atoms with E-state index in [1.54, 1.807) is 11.3 Å². The number of benzene rings is 1. The molecule has 2 aromatic heterocycles. The summed E-state index contributed by atoms with van der Waals surface area (Å²) in [7, 11) is 4.06. The zero-order valence-electron chi connectivity index (χ0n) is 11.4. The van der Waals surface area contributed by atoms with Crippen LogP contribution in [0.5, 0.6) is 0 Å². The highest BCUT2D eigenvalue weighted by Crippen LogP contribution is 2.24. The van der Waals surface area contributed by atoms with Gasteiger partial charge >= 0.3 is 0 Å². The molecular weight excluding hydrogens is 266 g/mol. The Bertz CT molecular complexity index is 709. The molecule has 0 atom stereocenters. The summed E-state index contributed by atoms with van der Waals surface area (Å²) in [5, 5.41) is 1.22. The molecule has 4 heteroatoms. The van der Waals surface area contributed by atoms with E-state index in [-0.39, 0.29) is 0 Å². The Kier molecular flexibility index (Phi) is 3.48. The summed E-state index contributed by atoms with van der Waals surface area (Å²) >= 11 is 1.70. The molecule has 0 spiro atoms. The molecule has 20 heavy (non-hydrogen) atoms. The zero-order valence-corrected chi connectivity index (χ0v) is 12.3. The highest BCUT2D eigenvalue weighted by Gasteiger charge is 1.99. The molecule has 0 bridgehead atoms. The summed E-state index contributed by atoms with van der Waals surface area (Å²) in [6.07, 6.45) is 5.62. The third-order valence-electron chi connectivity index (χ3n) is 3.05. The van der Waals surface area contributed by atoms with Crippen molar-refractivity contribution < 1.29 is 0 Å². The molecule has 0 amide bonds. The van der Waals surface area contributed by atoms with Crippen LogP contribution in [-0.4, -0.2) is 25.3 Å². The van der Waals surface area contributed by atoms with Crippen molar-refractivity contribution in [3.05, 3.63) is 53.7 Å². The van der Waals surface area contributed by atoms with Gasteiger partial charge in [-0.1, -0.05) is 0 Å². The first-order valence-electron chi connectivity index (χ1n) is 6.37. The molecule has 2 heterocycles. The normalized spacial score (nSPS) is 11.3. The minimum Gasteiger partial charge on any atom is -0.378 e. The van der Waals surface area contributed by atoms with Crippen LogP contribution < -0.4 is 4.90 Å². The summed E-state index contributed by atoms with van der Waals surface area (Å²) < 4.78 is 1.19. The molecule has 0 unspecified atom stereocenters. The number of anilines is 1. The molecule has 0 aliphatic rings. The lowest BCUT2D eigenvalue weighted by molar-refractivity contribution is 1.13. The maximum atomic E-state index is 4.52. The summed E-state index contributed by atoms with van der Waals surface area (Å²) in [5.74, 6) is 0. The molecule has 0 radical (unpaired) electrons. The van der Waals surface area contributed by atoms with Gasteiger partial charge in [0.1, 0.15) is 0 Å². The number of nitrogens with zero attached hydrogens (tertiary/aromatic N) is 3. The minimum atomic E-state index is 0.964. The number of thiophene rings is 1. The highest BCUT2D eigenvalue weighted by atomic mass is 32.1. The van der Waals surface area contributed by atoms with Gasteiger partial charge in [-0.05, 0) is 41.8 Å². The van der Waals surface area contributed by atoms with E-state index < -0.39 is 0 Å². The fourth-order valence-corrected chi connectivity index (χ4v) is 2.85. The number of pyridine rings is 1. The number of fused-ring (bicyclic) bond motifs is 1. The Labute approximate surface area is 122 Å². The van der Waals surface area contributed by atoms with Crippen molar-refractivity contribution >= 4 is 39.0 Å². The molecular formula is C16H15N3S. The molecule has 100 valence electrons. The van der Waals surface area contributed by atoms with E-state index in [9.17, 15) is 0 Å². The van der Waals surface area contributed by atoms with Crippen molar-refractivity contribution in [3.63, 3.8) is 0 Å². The van der Waals surface area contributed by atoms with E-state index in [0.717, 1.165) is 10.6 Å². The molecule has 3 aromatic rings. The number of rotatable bonds is 3. The standard InChI is InChI=1S/C16H15N3S/c1-19(2)14-5-3-13(4-6-14)18-10-15-9-12-7-8-17-11-16(12)20-15/h3-11H,1-2H3. The van der Waals surface area contributed by atoms with E-state index in [1.807, 2.05) is 50.9 Å². The lowest BCUT2D eigenvalue weighted by Gasteiger charge is -2.11. The third kappa shape index (κ3) is 2.70. The predicted octanol–water partition coefficient (Wildman–Crippen LogP) is 4.11. The Morgan fingerprint density at radius 3 is 2.65 bits per heavy atom. The van der Waals surface area contributed by atoms with Gasteiger partial charge in [0.2, 0.25) is 0 Å². The van der Waals surface area contributed by atoms with Gasteiger partial charge in [-0.15, -0.1) is 11.3 Å². The highest BCUT2D eigenvalue weighted by molar-refractivity contribution is 7.20. The number of aliphatic imine (C=N–C) groups is 1. The average Bonchev–Trinajstić information content (AvgIpc) is 2.88. The van der Waals surface area contributed by atoms with Crippen molar-refractivity contribution in [3.8, 4) is 0 Å². The lowest BCUT2D eigenvalue weighted by atomic mass is 10.2. The largest absolute Gasteiger partial charge is 0.378 e. The predicted molar refractivity (Wildman–Crippen MR) is 87.6 cm³/mol. The Morgan fingerprint density at radius 1 is 1.15 bits per heavy atom. The second kappa shape index (κ2) is 5.43. The van der Waals surface area contributed by atoms with E-state index in [0.29, 0.717) is 0 Å². The Hall–Kier alpha value is -2.20. The molecule has 0 N–H and O–H groups in total. The minimum absolute atomic E-state index is 0.964. The monoisotopic (exact) mass is 281 g/mol. The molecule has 1 aromatic carbocycles. The maximum absolute atomic E-state index is 4.52. The Morgan fingerprint density at radius 2 is 1.95 bits per heavy atom. The van der Waals surface area contributed by atoms with Gasteiger partial charge in [0.25, 0.3) is 0 Å². The van der Waals surface area contributed by atoms with Crippen LogP contribution in [0, 0.1) is 0 Å². The van der Waals surface area contributed by atoms with E-state index >= 15 is 0 Å². The fraction of sp³-hybridized carbons (Fsp3) is 0.125. The molecule has 0 aliphatic heterocycles. The van der Waals surface area contributed by atoms with Gasteiger partial charge < -0.3 is 4.90 Å². The van der Waals surface area contributed by atoms with E-state index in [1.165, 1.54) is 15.8 Å². The van der Waals surface area contributed by atoms with Gasteiger partial charge in [-0.2, -0.15) is 0 Å². The van der Waals surface area contributed by atoms with Crippen LogP contribution in [-0.2, 0) is 0 Å². The summed E-state index contributed by atoms with van der Waals surface area (Å²) in [6.45, 7) is 0. The molecule has 3 rings (SSSR count). The van der Waals surface area contributed by atoms with Crippen LogP contribution in [0.25, 0.3) is 10.1 Å². The number of aromatic nitrogens is 1. The maximum Gasteiger partial charge on any atom is 0.0631 e. The fourth-order valence-electron chi connectivity index (χ4n) is 1.94. The van der Waals surface area contributed by atoms with Crippen molar-refractivity contribution in [1.29, 1.82) is 0 Å². The van der Waals surface area contributed by atoms with Gasteiger partial charge in [-0.25, -0.2) is 0 Å². The SMILES string of the molecule is CN(C)c1ccc(N=Cc2cc3ccncc3s2)cc1. The van der Waals surface area contributed by atoms with Gasteiger partial charge in [0.05, 0.1) is 10.4 Å². The van der Waals surface area contributed by atoms with Crippen LogP contribution in [0.1, 0.15) is 4.88 Å². The van der Waals surface area contributed by atoms with Crippen LogP contribution in [0.3, 0.4) is 0 Å². The van der Waals surface area contributed by atoms with Gasteiger partial charge in [0, 0.05) is 43.3 Å². The van der Waals surface area contributed by atoms with Crippen molar-refractivity contribution in [2.75, 3.05) is 19.0 Å². The number of hydrogen-bond acceptors (Lipinski definition) is 4. The summed E-state index contributed by atoms with van der Waals surface area (Å²) in [6, 6.07) is 12.4. The molecule has 0 aliphatic carbocycles. The molecule has 3 nitrogen and oxygen atoms in total. The Balaban J connectivity index is 1.82. The summed E-state index contributed by atoms with van der Waals surface area (Å²) in [4.78, 5) is 11.9. The lowest BCUT2D eigenvalue weighted by Crippen LogP contribution is -2.07. The second-order valence-corrected chi connectivity index (χ2v) is 5.85. The first-order valence-corrected chi connectivity index (χ1v) is 7.19. The van der Waals surface area contributed by atoms with Crippen molar-refractivity contribution in [2.24, 2.45) is 4.99 Å². The van der Waals surface area contributed by atoms with Gasteiger partial charge in [-0.3, -0.25) is 9.98 Å². The second-order valence-electron chi connectivity index (χ2n) is 4.73. The van der Waals surface area contributed by atoms with E-state index in [4.69, 9.17) is 0 Å². The van der Waals surface area contributed by atoms with Crippen LogP contribution in [0.15, 0.2) is 53.8 Å². The molecule has 0 saturated carbocycles. The molecule has 0 saturated heterocycles. The van der Waals surface area contributed by atoms with Crippen LogP contribution >= 0.6 is 11.3 Å². The first-order chi connectivity index (χ1) is 9.72. The average molecular weight is 281 g/mol. The summed E-state index contributed by atoms with van der Waals surface area (Å²) in [5.41, 5.74) is 2.14. The van der Waals surface area contributed by atoms with Gasteiger partial charge in [0.15, 0.2) is 0 Å². The van der Waals surface area contributed by atoms with Crippen LogP contribution in [0.4, 0.5) is 11.4 Å². The number of hydrogen-bond donors (Lipinski definition) is 0. The molecule has 0 fully saturated rings.